The van der Waals surface area contributed by atoms with E-state index in [0.717, 1.165) is 17.2 Å². The minimum atomic E-state index is -3.59. The fourth-order valence-electron chi connectivity index (χ4n) is 3.21. The molecule has 8 heteroatoms. The number of benzene rings is 2. The highest BCUT2D eigenvalue weighted by molar-refractivity contribution is 7.90. The van der Waals surface area contributed by atoms with Gasteiger partial charge in [-0.1, -0.05) is 30.3 Å². The summed E-state index contributed by atoms with van der Waals surface area (Å²) in [7, 11) is -3.59. The van der Waals surface area contributed by atoms with E-state index in [1.807, 2.05) is 37.3 Å². The number of nitrogens with zero attached hydrogens (tertiary/aromatic N) is 2. The number of sulfone groups is 1. The molecule has 0 fully saturated rings. The number of fused-ring (bicyclic) bond motifs is 2. The molecule has 2 heterocycles. The van der Waals surface area contributed by atoms with Crippen molar-refractivity contribution in [2.24, 2.45) is 0 Å². The summed E-state index contributed by atoms with van der Waals surface area (Å²) in [6, 6.07) is 16.1. The number of para-hydroxylation sites is 3. The van der Waals surface area contributed by atoms with Crippen LogP contribution in [-0.4, -0.2) is 30.1 Å². The molecule has 0 saturated heterocycles. The topological polar surface area (TPSA) is 94.2 Å². The maximum Gasteiger partial charge on any atom is 0.240 e. The van der Waals surface area contributed by atoms with Crippen molar-refractivity contribution in [3.63, 3.8) is 0 Å². The summed E-state index contributed by atoms with van der Waals surface area (Å²) in [5.74, 6) is 0.300. The van der Waals surface area contributed by atoms with Gasteiger partial charge in [-0.3, -0.25) is 4.79 Å². The van der Waals surface area contributed by atoms with Crippen molar-refractivity contribution < 1.29 is 17.6 Å². The molecule has 0 aliphatic rings. The lowest BCUT2D eigenvalue weighted by molar-refractivity contribution is -0.122. The molecule has 0 aliphatic carbocycles. The van der Waals surface area contributed by atoms with Crippen LogP contribution in [0.25, 0.3) is 22.0 Å². The molecule has 2 aromatic heterocycles. The Morgan fingerprint density at radius 3 is 2.64 bits per heavy atom. The van der Waals surface area contributed by atoms with Gasteiger partial charge in [-0.05, 0) is 31.2 Å². The molecular formula is C20H19N3O4S. The summed E-state index contributed by atoms with van der Waals surface area (Å²) in [5.41, 5.74) is 1.87. The third-order valence-electron chi connectivity index (χ3n) is 4.50. The van der Waals surface area contributed by atoms with Crippen LogP contribution < -0.4 is 5.32 Å². The quantitative estimate of drug-likeness (QED) is 0.559. The molecule has 0 radical (unpaired) electrons. The molecule has 1 amide bonds. The second kappa shape index (κ2) is 6.79. The minimum Gasteiger partial charge on any atom is -0.459 e. The Balaban J connectivity index is 1.60. The summed E-state index contributed by atoms with van der Waals surface area (Å²) >= 11 is 0. The molecule has 28 heavy (non-hydrogen) atoms. The first kappa shape index (κ1) is 18.2. The largest absolute Gasteiger partial charge is 0.459 e. The zero-order chi connectivity index (χ0) is 19.9. The Labute approximate surface area is 161 Å². The van der Waals surface area contributed by atoms with E-state index in [9.17, 15) is 13.2 Å². The first-order valence-corrected chi connectivity index (χ1v) is 10.7. The van der Waals surface area contributed by atoms with Gasteiger partial charge in [0.1, 0.15) is 17.9 Å². The van der Waals surface area contributed by atoms with Crippen LogP contribution in [0, 0.1) is 0 Å². The lowest BCUT2D eigenvalue weighted by Crippen LogP contribution is -2.30. The van der Waals surface area contributed by atoms with Gasteiger partial charge in [-0.25, -0.2) is 13.4 Å². The number of rotatable bonds is 5. The second-order valence-corrected chi connectivity index (χ2v) is 8.63. The van der Waals surface area contributed by atoms with E-state index in [1.165, 1.54) is 4.57 Å². The van der Waals surface area contributed by atoms with E-state index in [-0.39, 0.29) is 23.7 Å². The molecule has 2 aromatic carbocycles. The number of carbonyl (C=O) groups is 1. The monoisotopic (exact) mass is 397 g/mol. The average molecular weight is 397 g/mol. The smallest absolute Gasteiger partial charge is 0.240 e. The number of amides is 1. The maximum atomic E-state index is 12.6. The number of aromatic nitrogens is 2. The summed E-state index contributed by atoms with van der Waals surface area (Å²) in [5, 5.41) is 3.69. The first-order valence-electron chi connectivity index (χ1n) is 8.76. The van der Waals surface area contributed by atoms with Crippen molar-refractivity contribution in [1.82, 2.24) is 14.9 Å². The average Bonchev–Trinajstić information content (AvgIpc) is 3.23. The van der Waals surface area contributed by atoms with E-state index in [2.05, 4.69) is 10.3 Å². The molecule has 4 rings (SSSR count). The van der Waals surface area contributed by atoms with Gasteiger partial charge in [0.25, 0.3) is 0 Å². The van der Waals surface area contributed by atoms with Crippen LogP contribution in [0.3, 0.4) is 0 Å². The Kier molecular flexibility index (Phi) is 4.43. The van der Waals surface area contributed by atoms with Gasteiger partial charge in [-0.2, -0.15) is 0 Å². The number of hydrogen-bond acceptors (Lipinski definition) is 5. The second-order valence-electron chi connectivity index (χ2n) is 6.72. The van der Waals surface area contributed by atoms with Gasteiger partial charge in [0.05, 0.1) is 17.1 Å². The van der Waals surface area contributed by atoms with E-state index in [4.69, 9.17) is 4.42 Å². The molecule has 0 aliphatic heterocycles. The SMILES string of the molecule is C[C@H](NC(=O)Cn1c(S(C)(=O)=O)nc2ccccc21)c1cc2ccccc2o1. The Bertz CT molecular complexity index is 1250. The molecule has 0 bridgehead atoms. The van der Waals surface area contributed by atoms with Gasteiger partial charge in [0.15, 0.2) is 0 Å². The number of carbonyl (C=O) groups excluding carboxylic acids is 1. The fraction of sp³-hybridized carbons (Fsp3) is 0.200. The number of imidazole rings is 1. The summed E-state index contributed by atoms with van der Waals surface area (Å²) in [6.07, 6.45) is 1.08. The van der Waals surface area contributed by atoms with Crippen molar-refractivity contribution in [3.8, 4) is 0 Å². The van der Waals surface area contributed by atoms with Crippen molar-refractivity contribution >= 4 is 37.7 Å². The molecular weight excluding hydrogens is 378 g/mol. The fourth-order valence-corrected chi connectivity index (χ4v) is 4.03. The van der Waals surface area contributed by atoms with Gasteiger partial charge in [0, 0.05) is 11.6 Å². The zero-order valence-electron chi connectivity index (χ0n) is 15.4. The summed E-state index contributed by atoms with van der Waals surface area (Å²) < 4.78 is 31.4. The third-order valence-corrected chi connectivity index (χ3v) is 5.48. The van der Waals surface area contributed by atoms with E-state index >= 15 is 0 Å². The van der Waals surface area contributed by atoms with E-state index in [0.29, 0.717) is 16.8 Å². The lowest BCUT2D eigenvalue weighted by atomic mass is 10.2. The molecule has 0 spiro atoms. The number of furan rings is 1. The zero-order valence-corrected chi connectivity index (χ0v) is 16.2. The van der Waals surface area contributed by atoms with Crippen molar-refractivity contribution in [2.75, 3.05) is 6.26 Å². The van der Waals surface area contributed by atoms with Crippen molar-refractivity contribution in [1.29, 1.82) is 0 Å². The van der Waals surface area contributed by atoms with Gasteiger partial charge >= 0.3 is 0 Å². The predicted molar refractivity (Wildman–Crippen MR) is 106 cm³/mol. The lowest BCUT2D eigenvalue weighted by Gasteiger charge is -2.13. The van der Waals surface area contributed by atoms with E-state index < -0.39 is 9.84 Å². The van der Waals surface area contributed by atoms with Crippen LogP contribution in [0.2, 0.25) is 0 Å². The number of hydrogen-bond donors (Lipinski definition) is 1. The Morgan fingerprint density at radius 2 is 1.89 bits per heavy atom. The summed E-state index contributed by atoms with van der Waals surface area (Å²) in [4.78, 5) is 16.8. The first-order chi connectivity index (χ1) is 13.3. The summed E-state index contributed by atoms with van der Waals surface area (Å²) in [6.45, 7) is 1.66. The minimum absolute atomic E-state index is 0.125. The van der Waals surface area contributed by atoms with Crippen LogP contribution >= 0.6 is 0 Å². The highest BCUT2D eigenvalue weighted by Gasteiger charge is 2.22. The molecule has 1 N–H and O–H groups in total. The molecule has 144 valence electrons. The standard InChI is InChI=1S/C20H19N3O4S/c1-13(18-11-14-7-3-6-10-17(14)27-18)21-19(24)12-23-16-9-5-4-8-15(16)22-20(23)28(2,25)26/h3-11,13H,12H2,1-2H3,(H,21,24)/t13-/m0/s1. The maximum absolute atomic E-state index is 12.6. The highest BCUT2D eigenvalue weighted by atomic mass is 32.2. The normalized spacial score (nSPS) is 13.1. The molecule has 0 unspecified atom stereocenters. The van der Waals surface area contributed by atoms with Crippen LogP contribution in [0.5, 0.6) is 0 Å². The van der Waals surface area contributed by atoms with Crippen LogP contribution in [-0.2, 0) is 21.2 Å². The van der Waals surface area contributed by atoms with E-state index in [1.54, 1.807) is 24.3 Å². The van der Waals surface area contributed by atoms with Crippen LogP contribution in [0.4, 0.5) is 0 Å². The molecule has 4 aromatic rings. The van der Waals surface area contributed by atoms with Crippen LogP contribution in [0.15, 0.2) is 64.2 Å². The van der Waals surface area contributed by atoms with Gasteiger partial charge in [0.2, 0.25) is 20.9 Å². The predicted octanol–water partition coefficient (Wildman–Crippen LogP) is 3.06. The van der Waals surface area contributed by atoms with Gasteiger partial charge < -0.3 is 14.3 Å². The number of nitrogens with one attached hydrogen (secondary N) is 1. The van der Waals surface area contributed by atoms with Crippen molar-refractivity contribution in [2.45, 2.75) is 24.7 Å². The molecule has 1 atom stereocenters. The highest BCUT2D eigenvalue weighted by Crippen LogP contribution is 2.24. The Hall–Kier alpha value is -3.13. The Morgan fingerprint density at radius 1 is 1.18 bits per heavy atom. The molecule has 0 saturated carbocycles. The molecule has 7 nitrogen and oxygen atoms in total. The van der Waals surface area contributed by atoms with Crippen LogP contribution in [0.1, 0.15) is 18.7 Å². The third kappa shape index (κ3) is 3.38. The van der Waals surface area contributed by atoms with Gasteiger partial charge in [-0.15, -0.1) is 0 Å². The van der Waals surface area contributed by atoms with Crippen molar-refractivity contribution in [3.05, 3.63) is 60.4 Å².